The first-order valence-electron chi connectivity index (χ1n) is 12.7. The van der Waals surface area contributed by atoms with E-state index in [2.05, 4.69) is 0 Å². The molecule has 0 atom stereocenters. The van der Waals surface area contributed by atoms with Crippen molar-refractivity contribution in [1.82, 2.24) is 0 Å². The number of hydrogen-bond acceptors (Lipinski definition) is 10. The van der Waals surface area contributed by atoms with Gasteiger partial charge in [0.25, 0.3) is 0 Å². The maximum absolute atomic E-state index is 11.8. The Bertz CT molecular complexity index is 941. The summed E-state index contributed by atoms with van der Waals surface area (Å²) in [5, 5.41) is 0. The summed E-state index contributed by atoms with van der Waals surface area (Å²) in [6.45, 7) is 7.15. The van der Waals surface area contributed by atoms with E-state index in [9.17, 15) is 9.59 Å². The Balaban J connectivity index is 1.54. The lowest BCUT2D eigenvalue weighted by Crippen LogP contribution is -2.16. The fourth-order valence-electron chi connectivity index (χ4n) is 3.40. The van der Waals surface area contributed by atoms with Gasteiger partial charge in [-0.3, -0.25) is 9.59 Å². The molecule has 1 aliphatic rings. The molecule has 0 spiro atoms. The fraction of sp³-hybridized carbons (Fsp3) is 0.500. The van der Waals surface area contributed by atoms with Crippen LogP contribution in [0, 0.1) is 0 Å². The molecule has 0 N–H and O–H groups in total. The van der Waals surface area contributed by atoms with Crippen molar-refractivity contribution < 1.29 is 47.5 Å². The van der Waals surface area contributed by atoms with Crippen molar-refractivity contribution in [2.45, 2.75) is 13.8 Å². The zero-order chi connectivity index (χ0) is 27.0. The summed E-state index contributed by atoms with van der Waals surface area (Å²) in [6.07, 6.45) is 0. The molecule has 208 valence electrons. The highest BCUT2D eigenvalue weighted by atomic mass is 16.6. The van der Waals surface area contributed by atoms with Crippen LogP contribution in [0.15, 0.2) is 36.4 Å². The first-order chi connectivity index (χ1) is 18.5. The number of rotatable bonds is 2. The maximum Gasteiger partial charge on any atom is 0.162 e. The van der Waals surface area contributed by atoms with Crippen molar-refractivity contribution in [2.75, 3.05) is 79.3 Å². The topological polar surface area (TPSA) is 108 Å². The van der Waals surface area contributed by atoms with E-state index in [1.54, 1.807) is 36.4 Å². The number of Topliss-reactive ketones (excluding diaryl/α,β-unsaturated/α-hetero) is 2. The number of hydrogen-bond donors (Lipinski definition) is 0. The molecule has 0 radical (unpaired) electrons. The highest BCUT2D eigenvalue weighted by molar-refractivity contribution is 5.95. The minimum absolute atomic E-state index is 0.0588. The van der Waals surface area contributed by atoms with E-state index >= 15 is 0 Å². The minimum atomic E-state index is -0.0588. The molecule has 0 fully saturated rings. The number of fused-ring (bicyclic) bond motifs is 2. The second-order valence-electron chi connectivity index (χ2n) is 8.28. The van der Waals surface area contributed by atoms with Crippen LogP contribution in [0.3, 0.4) is 0 Å². The Kier molecular flexibility index (Phi) is 12.8. The molecular weight excluding hydrogens is 496 g/mol. The Morgan fingerprint density at radius 2 is 0.737 bits per heavy atom. The standard InChI is InChI=1S/C28H36O10/c1-21(29)23-3-5-25-27(19-23)37-17-13-33-9-7-32-12-16-36-26-6-4-24(22(2)30)20-28(26)38-18-14-34-10-8-31-11-15-35-25/h3-6,19-20H,7-18H2,1-2H3. The second-order valence-corrected chi connectivity index (χ2v) is 8.28. The molecule has 2 aromatic carbocycles. The molecular formula is C28H36O10. The predicted molar refractivity (Wildman–Crippen MR) is 138 cm³/mol. The van der Waals surface area contributed by atoms with Crippen LogP contribution < -0.4 is 18.9 Å². The quantitative estimate of drug-likeness (QED) is 0.534. The van der Waals surface area contributed by atoms with Crippen LogP contribution in [0.25, 0.3) is 0 Å². The molecule has 38 heavy (non-hydrogen) atoms. The van der Waals surface area contributed by atoms with Crippen molar-refractivity contribution in [3.05, 3.63) is 47.5 Å². The highest BCUT2D eigenvalue weighted by Crippen LogP contribution is 2.29. The van der Waals surface area contributed by atoms with Crippen LogP contribution in [0.2, 0.25) is 0 Å². The minimum Gasteiger partial charge on any atom is -0.487 e. The Hall–Kier alpha value is -3.18. The van der Waals surface area contributed by atoms with Gasteiger partial charge in [0.15, 0.2) is 34.6 Å². The lowest BCUT2D eigenvalue weighted by Gasteiger charge is -2.15. The van der Waals surface area contributed by atoms with E-state index in [1.807, 2.05) is 0 Å². The maximum atomic E-state index is 11.8. The molecule has 0 aromatic heterocycles. The molecule has 10 heteroatoms. The molecule has 0 saturated heterocycles. The molecule has 0 unspecified atom stereocenters. The van der Waals surface area contributed by atoms with Gasteiger partial charge in [0, 0.05) is 11.1 Å². The van der Waals surface area contributed by atoms with Crippen LogP contribution in [0.1, 0.15) is 34.6 Å². The van der Waals surface area contributed by atoms with Crippen molar-refractivity contribution in [3.63, 3.8) is 0 Å². The molecule has 0 amide bonds. The summed E-state index contributed by atoms with van der Waals surface area (Å²) in [4.78, 5) is 23.5. The van der Waals surface area contributed by atoms with Crippen molar-refractivity contribution in [2.24, 2.45) is 0 Å². The van der Waals surface area contributed by atoms with E-state index in [1.165, 1.54) is 13.8 Å². The Morgan fingerprint density at radius 3 is 1.05 bits per heavy atom. The van der Waals surface area contributed by atoms with E-state index in [0.29, 0.717) is 100 Å². The van der Waals surface area contributed by atoms with E-state index < -0.39 is 0 Å². The highest BCUT2D eigenvalue weighted by Gasteiger charge is 2.11. The van der Waals surface area contributed by atoms with E-state index in [-0.39, 0.29) is 24.8 Å². The number of ketones is 2. The fourth-order valence-corrected chi connectivity index (χ4v) is 3.40. The number of ether oxygens (including phenoxy) is 8. The van der Waals surface area contributed by atoms with Gasteiger partial charge in [-0.05, 0) is 50.2 Å². The van der Waals surface area contributed by atoms with Crippen LogP contribution in [-0.4, -0.2) is 90.8 Å². The van der Waals surface area contributed by atoms with Crippen LogP contribution in [-0.2, 0) is 18.9 Å². The molecule has 10 nitrogen and oxygen atoms in total. The lowest BCUT2D eigenvalue weighted by molar-refractivity contribution is 0.0223. The summed E-state index contributed by atoms with van der Waals surface area (Å²) in [6, 6.07) is 10.2. The molecule has 0 aliphatic carbocycles. The van der Waals surface area contributed by atoms with Crippen LogP contribution in [0.4, 0.5) is 0 Å². The summed E-state index contributed by atoms with van der Waals surface area (Å²) < 4.78 is 45.5. The summed E-state index contributed by atoms with van der Waals surface area (Å²) in [5.74, 6) is 1.88. The van der Waals surface area contributed by atoms with Crippen LogP contribution >= 0.6 is 0 Å². The largest absolute Gasteiger partial charge is 0.487 e. The van der Waals surface area contributed by atoms with Gasteiger partial charge >= 0.3 is 0 Å². The van der Waals surface area contributed by atoms with Crippen molar-refractivity contribution in [1.29, 1.82) is 0 Å². The van der Waals surface area contributed by atoms with Crippen LogP contribution in [0.5, 0.6) is 23.0 Å². The van der Waals surface area contributed by atoms with Crippen molar-refractivity contribution >= 4 is 11.6 Å². The first kappa shape index (κ1) is 29.4. The third-order valence-electron chi connectivity index (χ3n) is 5.39. The average Bonchev–Trinajstić information content (AvgIpc) is 2.91. The molecule has 3 rings (SSSR count). The zero-order valence-electron chi connectivity index (χ0n) is 22.0. The Labute approximate surface area is 223 Å². The van der Waals surface area contributed by atoms with Gasteiger partial charge in [0.2, 0.25) is 0 Å². The summed E-state index contributed by atoms with van der Waals surface area (Å²) in [5.41, 5.74) is 1.08. The molecule has 1 heterocycles. The van der Waals surface area contributed by atoms with Gasteiger partial charge < -0.3 is 37.9 Å². The zero-order valence-corrected chi connectivity index (χ0v) is 22.0. The van der Waals surface area contributed by atoms with Gasteiger partial charge in [-0.2, -0.15) is 0 Å². The summed E-state index contributed by atoms with van der Waals surface area (Å²) in [7, 11) is 0. The van der Waals surface area contributed by atoms with E-state index in [0.717, 1.165) is 0 Å². The van der Waals surface area contributed by atoms with E-state index in [4.69, 9.17) is 37.9 Å². The van der Waals surface area contributed by atoms with Gasteiger partial charge in [-0.15, -0.1) is 0 Å². The lowest BCUT2D eigenvalue weighted by atomic mass is 10.1. The molecule has 2 aromatic rings. The molecule has 0 bridgehead atoms. The predicted octanol–water partition coefficient (Wildman–Crippen LogP) is 3.39. The van der Waals surface area contributed by atoms with Gasteiger partial charge in [0.05, 0.1) is 52.9 Å². The smallest absolute Gasteiger partial charge is 0.162 e. The Morgan fingerprint density at radius 1 is 0.447 bits per heavy atom. The second kappa shape index (κ2) is 16.6. The third-order valence-corrected chi connectivity index (χ3v) is 5.39. The average molecular weight is 533 g/mol. The number of carbonyl (C=O) groups is 2. The molecule has 0 saturated carbocycles. The monoisotopic (exact) mass is 532 g/mol. The van der Waals surface area contributed by atoms with Gasteiger partial charge in [-0.1, -0.05) is 0 Å². The normalized spacial score (nSPS) is 17.1. The first-order valence-corrected chi connectivity index (χ1v) is 12.7. The van der Waals surface area contributed by atoms with Gasteiger partial charge in [0.1, 0.15) is 26.4 Å². The van der Waals surface area contributed by atoms with Crippen molar-refractivity contribution in [3.8, 4) is 23.0 Å². The molecule has 1 aliphatic heterocycles. The number of benzene rings is 2. The summed E-state index contributed by atoms with van der Waals surface area (Å²) >= 11 is 0. The van der Waals surface area contributed by atoms with Gasteiger partial charge in [-0.25, -0.2) is 0 Å². The SMILES string of the molecule is CC(=O)c1ccc2c(c1)OCCOCCOCCOc1ccc(C(C)=O)cc1OCCOCCOCCO2. The number of carbonyl (C=O) groups excluding carboxylic acids is 2. The third kappa shape index (κ3) is 10.3.